The number of hydrogen-bond acceptors (Lipinski definition) is 3. The van der Waals surface area contributed by atoms with E-state index >= 15 is 0 Å². The lowest BCUT2D eigenvalue weighted by Crippen LogP contribution is -2.13. The average Bonchev–Trinajstić information content (AvgIpc) is 2.87. The van der Waals surface area contributed by atoms with Gasteiger partial charge in [0.05, 0.1) is 12.4 Å². The van der Waals surface area contributed by atoms with Crippen molar-refractivity contribution in [3.8, 4) is 11.5 Å². The minimum absolute atomic E-state index is 0.267. The smallest absolute Gasteiger partial charge is 0.165 e. The van der Waals surface area contributed by atoms with Crippen molar-refractivity contribution in [2.24, 2.45) is 0 Å². The molecule has 0 spiro atoms. The zero-order valence-electron chi connectivity index (χ0n) is 12.8. The summed E-state index contributed by atoms with van der Waals surface area (Å²) in [5.41, 5.74) is 0.870. The fourth-order valence-corrected chi connectivity index (χ4v) is 1.98. The molecule has 0 radical (unpaired) electrons. The summed E-state index contributed by atoms with van der Waals surface area (Å²) >= 11 is 0. The third-order valence-corrected chi connectivity index (χ3v) is 3.03. The Kier molecular flexibility index (Phi) is 5.33. The molecule has 0 aliphatic rings. The molecular formula is C16H22FN3O. The van der Waals surface area contributed by atoms with Crippen LogP contribution in [0, 0.1) is 5.82 Å². The number of benzene rings is 1. The Labute approximate surface area is 124 Å². The molecule has 0 saturated heterocycles. The van der Waals surface area contributed by atoms with E-state index in [1.807, 2.05) is 26.1 Å². The normalized spacial score (nSPS) is 11.1. The molecule has 1 aromatic carbocycles. The number of aromatic nitrogens is 2. The number of halogens is 1. The number of hydrogen-bond donors (Lipinski definition) is 1. The predicted octanol–water partition coefficient (Wildman–Crippen LogP) is 3.90. The SMILES string of the molecule is CCCNCc1cc(F)cc(Oc2cnn(C(C)C)c2)c1. The lowest BCUT2D eigenvalue weighted by molar-refractivity contribution is 0.470. The molecule has 21 heavy (non-hydrogen) atoms. The molecular weight excluding hydrogens is 269 g/mol. The average molecular weight is 291 g/mol. The molecule has 5 heteroatoms. The highest BCUT2D eigenvalue weighted by atomic mass is 19.1. The van der Waals surface area contributed by atoms with E-state index in [0.717, 1.165) is 18.5 Å². The van der Waals surface area contributed by atoms with Gasteiger partial charge in [-0.3, -0.25) is 4.68 Å². The van der Waals surface area contributed by atoms with Crippen molar-refractivity contribution in [2.45, 2.75) is 39.8 Å². The molecule has 114 valence electrons. The van der Waals surface area contributed by atoms with Crippen LogP contribution >= 0.6 is 0 Å². The molecule has 0 unspecified atom stereocenters. The van der Waals surface area contributed by atoms with Crippen LogP contribution in [0.3, 0.4) is 0 Å². The fraction of sp³-hybridized carbons (Fsp3) is 0.438. The van der Waals surface area contributed by atoms with Crippen LogP contribution in [0.2, 0.25) is 0 Å². The van der Waals surface area contributed by atoms with E-state index in [1.165, 1.54) is 12.1 Å². The van der Waals surface area contributed by atoms with Gasteiger partial charge in [0.25, 0.3) is 0 Å². The molecule has 1 N–H and O–H groups in total. The van der Waals surface area contributed by atoms with E-state index in [-0.39, 0.29) is 11.9 Å². The van der Waals surface area contributed by atoms with Crippen LogP contribution in [-0.2, 0) is 6.54 Å². The molecule has 0 saturated carbocycles. The van der Waals surface area contributed by atoms with E-state index in [1.54, 1.807) is 10.9 Å². The van der Waals surface area contributed by atoms with Gasteiger partial charge in [0.2, 0.25) is 0 Å². The summed E-state index contributed by atoms with van der Waals surface area (Å²) in [5.74, 6) is 0.811. The van der Waals surface area contributed by atoms with Crippen molar-refractivity contribution in [3.05, 3.63) is 42.0 Å². The molecule has 0 aliphatic heterocycles. The Morgan fingerprint density at radius 1 is 1.29 bits per heavy atom. The van der Waals surface area contributed by atoms with Gasteiger partial charge in [-0.05, 0) is 44.5 Å². The van der Waals surface area contributed by atoms with E-state index in [2.05, 4.69) is 17.3 Å². The van der Waals surface area contributed by atoms with Crippen molar-refractivity contribution in [2.75, 3.05) is 6.54 Å². The second-order valence-corrected chi connectivity index (χ2v) is 5.32. The Balaban J connectivity index is 2.07. The molecule has 0 bridgehead atoms. The lowest BCUT2D eigenvalue weighted by atomic mass is 10.2. The van der Waals surface area contributed by atoms with Crippen molar-refractivity contribution >= 4 is 0 Å². The highest BCUT2D eigenvalue weighted by molar-refractivity contribution is 5.33. The van der Waals surface area contributed by atoms with Crippen LogP contribution in [0.5, 0.6) is 11.5 Å². The number of nitrogens with zero attached hydrogens (tertiary/aromatic N) is 2. The third kappa shape index (κ3) is 4.56. The monoisotopic (exact) mass is 291 g/mol. The topological polar surface area (TPSA) is 39.1 Å². The van der Waals surface area contributed by atoms with Gasteiger partial charge >= 0.3 is 0 Å². The molecule has 0 fully saturated rings. The van der Waals surface area contributed by atoms with Crippen LogP contribution < -0.4 is 10.1 Å². The van der Waals surface area contributed by atoms with E-state index < -0.39 is 0 Å². The van der Waals surface area contributed by atoms with E-state index in [4.69, 9.17) is 4.74 Å². The Bertz CT molecular complexity index is 581. The molecule has 4 nitrogen and oxygen atoms in total. The summed E-state index contributed by atoms with van der Waals surface area (Å²) in [4.78, 5) is 0. The molecule has 0 aliphatic carbocycles. The highest BCUT2D eigenvalue weighted by Gasteiger charge is 2.06. The maximum Gasteiger partial charge on any atom is 0.165 e. The Hall–Kier alpha value is -1.88. The van der Waals surface area contributed by atoms with Crippen LogP contribution in [-0.4, -0.2) is 16.3 Å². The molecule has 1 heterocycles. The van der Waals surface area contributed by atoms with Gasteiger partial charge in [0.15, 0.2) is 5.75 Å². The maximum atomic E-state index is 13.6. The zero-order chi connectivity index (χ0) is 15.2. The summed E-state index contributed by atoms with van der Waals surface area (Å²) in [6.45, 7) is 7.72. The van der Waals surface area contributed by atoms with Crippen LogP contribution in [0.25, 0.3) is 0 Å². The summed E-state index contributed by atoms with van der Waals surface area (Å²) in [6, 6.07) is 5.02. The Morgan fingerprint density at radius 3 is 2.76 bits per heavy atom. The van der Waals surface area contributed by atoms with Crippen LogP contribution in [0.15, 0.2) is 30.6 Å². The van der Waals surface area contributed by atoms with Gasteiger partial charge in [-0.1, -0.05) is 6.92 Å². The first-order chi connectivity index (χ1) is 10.1. The molecule has 1 aromatic heterocycles. The minimum atomic E-state index is -0.294. The van der Waals surface area contributed by atoms with Gasteiger partial charge in [0, 0.05) is 18.7 Å². The van der Waals surface area contributed by atoms with Crippen molar-refractivity contribution in [1.82, 2.24) is 15.1 Å². The second kappa shape index (κ2) is 7.22. The van der Waals surface area contributed by atoms with Gasteiger partial charge in [-0.25, -0.2) is 4.39 Å². The second-order valence-electron chi connectivity index (χ2n) is 5.32. The standard InChI is InChI=1S/C16H22FN3O/c1-4-5-18-9-13-6-14(17)8-15(7-13)21-16-10-19-20(11-16)12(2)3/h6-8,10-12,18H,4-5,9H2,1-3H3. The Morgan fingerprint density at radius 2 is 2.10 bits per heavy atom. The number of nitrogens with one attached hydrogen (secondary N) is 1. The first-order valence-corrected chi connectivity index (χ1v) is 7.30. The molecule has 2 aromatic rings. The largest absolute Gasteiger partial charge is 0.454 e. The predicted molar refractivity (Wildman–Crippen MR) is 81.1 cm³/mol. The quantitative estimate of drug-likeness (QED) is 0.786. The molecule has 2 rings (SSSR count). The number of rotatable bonds is 7. The van der Waals surface area contributed by atoms with Gasteiger partial charge in [-0.15, -0.1) is 0 Å². The summed E-state index contributed by atoms with van der Waals surface area (Å²) in [7, 11) is 0. The van der Waals surface area contributed by atoms with Crippen molar-refractivity contribution in [1.29, 1.82) is 0 Å². The van der Waals surface area contributed by atoms with Crippen LogP contribution in [0.1, 0.15) is 38.8 Å². The summed E-state index contributed by atoms with van der Waals surface area (Å²) in [5, 5.41) is 7.45. The number of ether oxygens (including phenoxy) is 1. The highest BCUT2D eigenvalue weighted by Crippen LogP contribution is 2.24. The van der Waals surface area contributed by atoms with Crippen LogP contribution in [0.4, 0.5) is 4.39 Å². The molecule has 0 atom stereocenters. The van der Waals surface area contributed by atoms with E-state index in [0.29, 0.717) is 18.0 Å². The maximum absolute atomic E-state index is 13.6. The first kappa shape index (κ1) is 15.5. The molecule has 0 amide bonds. The van der Waals surface area contributed by atoms with Crippen molar-refractivity contribution < 1.29 is 9.13 Å². The van der Waals surface area contributed by atoms with Gasteiger partial charge in [0.1, 0.15) is 11.6 Å². The zero-order valence-corrected chi connectivity index (χ0v) is 12.8. The fourth-order valence-electron chi connectivity index (χ4n) is 1.98. The van der Waals surface area contributed by atoms with Gasteiger partial charge < -0.3 is 10.1 Å². The lowest BCUT2D eigenvalue weighted by Gasteiger charge is -2.08. The summed E-state index contributed by atoms with van der Waals surface area (Å²) < 4.78 is 21.1. The minimum Gasteiger partial charge on any atom is -0.454 e. The van der Waals surface area contributed by atoms with E-state index in [9.17, 15) is 4.39 Å². The first-order valence-electron chi connectivity index (χ1n) is 7.30. The van der Waals surface area contributed by atoms with Crippen molar-refractivity contribution in [3.63, 3.8) is 0 Å². The summed E-state index contributed by atoms with van der Waals surface area (Å²) in [6.07, 6.45) is 4.50. The third-order valence-electron chi connectivity index (χ3n) is 3.03. The van der Waals surface area contributed by atoms with Gasteiger partial charge in [-0.2, -0.15) is 5.10 Å².